The Hall–Kier alpha value is -1.06. The SMILES string of the molecule is CCCNC1CCc2c(OCOCC)cccc21. The minimum atomic E-state index is 0.347. The fourth-order valence-electron chi connectivity index (χ4n) is 2.48. The lowest BCUT2D eigenvalue weighted by Gasteiger charge is -2.14. The predicted octanol–water partition coefficient (Wildman–Crippen LogP) is 3.05. The Morgan fingerprint density at radius 2 is 2.22 bits per heavy atom. The van der Waals surface area contributed by atoms with Gasteiger partial charge >= 0.3 is 0 Å². The van der Waals surface area contributed by atoms with Crippen LogP contribution in [0, 0.1) is 0 Å². The highest BCUT2D eigenvalue weighted by atomic mass is 16.7. The van der Waals surface area contributed by atoms with Crippen molar-refractivity contribution in [1.29, 1.82) is 0 Å². The van der Waals surface area contributed by atoms with E-state index in [0.29, 0.717) is 19.4 Å². The van der Waals surface area contributed by atoms with Crippen molar-refractivity contribution in [3.05, 3.63) is 29.3 Å². The molecule has 2 rings (SSSR count). The van der Waals surface area contributed by atoms with Crippen LogP contribution in [0.5, 0.6) is 5.75 Å². The van der Waals surface area contributed by atoms with Gasteiger partial charge < -0.3 is 14.8 Å². The zero-order valence-corrected chi connectivity index (χ0v) is 11.4. The summed E-state index contributed by atoms with van der Waals surface area (Å²) in [6.45, 7) is 6.29. The van der Waals surface area contributed by atoms with E-state index in [2.05, 4.69) is 24.4 Å². The van der Waals surface area contributed by atoms with Crippen LogP contribution >= 0.6 is 0 Å². The Morgan fingerprint density at radius 1 is 1.33 bits per heavy atom. The molecule has 0 saturated heterocycles. The molecule has 1 aliphatic carbocycles. The lowest BCUT2D eigenvalue weighted by Crippen LogP contribution is -2.19. The number of rotatable bonds is 7. The molecule has 3 nitrogen and oxygen atoms in total. The zero-order valence-electron chi connectivity index (χ0n) is 11.4. The molecule has 100 valence electrons. The van der Waals surface area contributed by atoms with Crippen molar-refractivity contribution in [2.75, 3.05) is 19.9 Å². The van der Waals surface area contributed by atoms with Crippen molar-refractivity contribution in [2.24, 2.45) is 0 Å². The van der Waals surface area contributed by atoms with Crippen molar-refractivity contribution >= 4 is 0 Å². The number of hydrogen-bond donors (Lipinski definition) is 1. The van der Waals surface area contributed by atoms with E-state index in [0.717, 1.165) is 18.7 Å². The van der Waals surface area contributed by atoms with Gasteiger partial charge in [0.1, 0.15) is 5.75 Å². The fourth-order valence-corrected chi connectivity index (χ4v) is 2.48. The molecule has 0 heterocycles. The number of hydrogen-bond acceptors (Lipinski definition) is 3. The Bertz CT molecular complexity index is 379. The van der Waals surface area contributed by atoms with Gasteiger partial charge in [0, 0.05) is 12.6 Å². The molecule has 0 spiro atoms. The van der Waals surface area contributed by atoms with Gasteiger partial charge in [-0.1, -0.05) is 19.1 Å². The van der Waals surface area contributed by atoms with Crippen molar-refractivity contribution in [3.8, 4) is 5.75 Å². The van der Waals surface area contributed by atoms with Crippen molar-refractivity contribution in [1.82, 2.24) is 5.32 Å². The number of nitrogens with one attached hydrogen (secondary N) is 1. The predicted molar refractivity (Wildman–Crippen MR) is 72.9 cm³/mol. The Kier molecular flexibility index (Phi) is 5.02. The monoisotopic (exact) mass is 249 g/mol. The van der Waals surface area contributed by atoms with Crippen molar-refractivity contribution < 1.29 is 9.47 Å². The van der Waals surface area contributed by atoms with Gasteiger partial charge in [-0.2, -0.15) is 0 Å². The molecule has 1 N–H and O–H groups in total. The average Bonchev–Trinajstić information content (AvgIpc) is 2.81. The summed E-state index contributed by atoms with van der Waals surface area (Å²) in [5.41, 5.74) is 2.75. The van der Waals surface area contributed by atoms with Crippen LogP contribution in [0.3, 0.4) is 0 Å². The van der Waals surface area contributed by atoms with E-state index in [-0.39, 0.29) is 0 Å². The molecule has 0 amide bonds. The fraction of sp³-hybridized carbons (Fsp3) is 0.600. The molecule has 3 heteroatoms. The molecule has 1 unspecified atom stereocenters. The molecule has 0 saturated carbocycles. The van der Waals surface area contributed by atoms with Crippen LogP contribution in [0.4, 0.5) is 0 Å². The van der Waals surface area contributed by atoms with Gasteiger partial charge in [0.25, 0.3) is 0 Å². The summed E-state index contributed by atoms with van der Waals surface area (Å²) in [7, 11) is 0. The Balaban J connectivity index is 2.04. The summed E-state index contributed by atoms with van der Waals surface area (Å²) < 4.78 is 10.9. The van der Waals surface area contributed by atoms with Crippen LogP contribution in [0.15, 0.2) is 18.2 Å². The van der Waals surface area contributed by atoms with Gasteiger partial charge in [-0.25, -0.2) is 0 Å². The second-order valence-corrected chi connectivity index (χ2v) is 4.62. The average molecular weight is 249 g/mol. The molecular formula is C15H23NO2. The minimum Gasteiger partial charge on any atom is -0.467 e. The molecule has 0 aromatic heterocycles. The quantitative estimate of drug-likeness (QED) is 0.595. The molecular weight excluding hydrogens is 226 g/mol. The maximum absolute atomic E-state index is 5.69. The number of benzene rings is 1. The normalized spacial score (nSPS) is 17.8. The summed E-state index contributed by atoms with van der Waals surface area (Å²) >= 11 is 0. The van der Waals surface area contributed by atoms with Gasteiger partial charge in [-0.15, -0.1) is 0 Å². The first-order chi connectivity index (χ1) is 8.86. The van der Waals surface area contributed by atoms with Crippen LogP contribution < -0.4 is 10.1 Å². The van der Waals surface area contributed by atoms with Crippen LogP contribution in [-0.4, -0.2) is 19.9 Å². The molecule has 0 radical (unpaired) electrons. The first-order valence-electron chi connectivity index (χ1n) is 6.92. The second-order valence-electron chi connectivity index (χ2n) is 4.62. The van der Waals surface area contributed by atoms with Crippen LogP contribution in [0.1, 0.15) is 43.9 Å². The highest BCUT2D eigenvalue weighted by molar-refractivity contribution is 5.45. The third-order valence-corrected chi connectivity index (χ3v) is 3.37. The van der Waals surface area contributed by atoms with Crippen LogP contribution in [-0.2, 0) is 11.2 Å². The first kappa shape index (κ1) is 13.4. The molecule has 1 aliphatic rings. The summed E-state index contributed by atoms with van der Waals surface area (Å²) in [6, 6.07) is 6.82. The zero-order chi connectivity index (χ0) is 12.8. The largest absolute Gasteiger partial charge is 0.467 e. The second kappa shape index (κ2) is 6.76. The third-order valence-electron chi connectivity index (χ3n) is 3.37. The summed E-state index contributed by atoms with van der Waals surface area (Å²) in [4.78, 5) is 0. The maximum Gasteiger partial charge on any atom is 0.189 e. The van der Waals surface area contributed by atoms with Crippen molar-refractivity contribution in [3.63, 3.8) is 0 Å². The van der Waals surface area contributed by atoms with E-state index in [9.17, 15) is 0 Å². The maximum atomic E-state index is 5.69. The topological polar surface area (TPSA) is 30.5 Å². The van der Waals surface area contributed by atoms with E-state index in [1.54, 1.807) is 0 Å². The first-order valence-corrected chi connectivity index (χ1v) is 6.92. The number of fused-ring (bicyclic) bond motifs is 1. The molecule has 0 aliphatic heterocycles. The lowest BCUT2D eigenvalue weighted by molar-refractivity contribution is 0.0219. The smallest absolute Gasteiger partial charge is 0.189 e. The lowest BCUT2D eigenvalue weighted by atomic mass is 10.1. The van der Waals surface area contributed by atoms with Gasteiger partial charge in [0.2, 0.25) is 0 Å². The summed E-state index contributed by atoms with van der Waals surface area (Å²) in [5.74, 6) is 0.988. The van der Waals surface area contributed by atoms with Gasteiger partial charge in [-0.05, 0) is 49.9 Å². The highest BCUT2D eigenvalue weighted by Gasteiger charge is 2.24. The third kappa shape index (κ3) is 3.03. The van der Waals surface area contributed by atoms with Gasteiger partial charge in [-0.3, -0.25) is 0 Å². The van der Waals surface area contributed by atoms with Gasteiger partial charge in [0.05, 0.1) is 0 Å². The van der Waals surface area contributed by atoms with Crippen molar-refractivity contribution in [2.45, 2.75) is 39.2 Å². The minimum absolute atomic E-state index is 0.347. The molecule has 18 heavy (non-hydrogen) atoms. The van der Waals surface area contributed by atoms with Crippen LogP contribution in [0.2, 0.25) is 0 Å². The highest BCUT2D eigenvalue weighted by Crippen LogP contribution is 2.36. The summed E-state index contributed by atoms with van der Waals surface area (Å²) in [6.07, 6.45) is 3.44. The van der Waals surface area contributed by atoms with E-state index in [1.807, 2.05) is 13.0 Å². The molecule has 1 aromatic carbocycles. The molecule has 0 bridgehead atoms. The van der Waals surface area contributed by atoms with E-state index in [1.165, 1.54) is 24.0 Å². The molecule has 1 atom stereocenters. The standard InChI is InChI=1S/C15H23NO2/c1-3-10-16-14-9-8-13-12(14)6-5-7-15(13)18-11-17-4-2/h5-7,14,16H,3-4,8-11H2,1-2H3. The molecule has 0 fully saturated rings. The van der Waals surface area contributed by atoms with Gasteiger partial charge in [0.15, 0.2) is 6.79 Å². The van der Waals surface area contributed by atoms with E-state index in [4.69, 9.17) is 9.47 Å². The summed E-state index contributed by atoms with van der Waals surface area (Å²) in [5, 5.41) is 3.60. The Morgan fingerprint density at radius 3 is 3.00 bits per heavy atom. The number of ether oxygens (including phenoxy) is 2. The van der Waals surface area contributed by atoms with E-state index >= 15 is 0 Å². The Labute approximate surface area is 109 Å². The molecule has 1 aromatic rings. The van der Waals surface area contributed by atoms with E-state index < -0.39 is 0 Å². The van der Waals surface area contributed by atoms with Crippen LogP contribution in [0.25, 0.3) is 0 Å².